The summed E-state index contributed by atoms with van der Waals surface area (Å²) in [6.45, 7) is 5.46. The van der Waals surface area contributed by atoms with Gasteiger partial charge in [-0.15, -0.1) is 0 Å². The minimum atomic E-state index is -0.537. The van der Waals surface area contributed by atoms with E-state index in [2.05, 4.69) is 10.6 Å². The number of ether oxygens (including phenoxy) is 1. The number of rotatable bonds is 1. The van der Waals surface area contributed by atoms with Crippen molar-refractivity contribution < 1.29 is 14.3 Å². The minimum absolute atomic E-state index is 0.0255. The van der Waals surface area contributed by atoms with Gasteiger partial charge in [-0.1, -0.05) is 0 Å². The lowest BCUT2D eigenvalue weighted by Crippen LogP contribution is -2.62. The summed E-state index contributed by atoms with van der Waals surface area (Å²) >= 11 is 0. The van der Waals surface area contributed by atoms with Crippen molar-refractivity contribution in [1.29, 1.82) is 0 Å². The fourth-order valence-electron chi connectivity index (χ4n) is 2.18. The van der Waals surface area contributed by atoms with Crippen LogP contribution >= 0.6 is 0 Å². The molecule has 1 amide bonds. The van der Waals surface area contributed by atoms with Gasteiger partial charge in [0, 0.05) is 6.04 Å². The normalized spacial score (nSPS) is 33.4. The summed E-state index contributed by atoms with van der Waals surface area (Å²) in [5.74, 6) is -0.441. The van der Waals surface area contributed by atoms with Gasteiger partial charge in [-0.25, -0.2) is 4.79 Å². The van der Waals surface area contributed by atoms with Gasteiger partial charge in [-0.3, -0.25) is 4.79 Å². The van der Waals surface area contributed by atoms with E-state index in [0.29, 0.717) is 0 Å². The predicted octanol–water partition coefficient (Wildman–Crippen LogP) is -0.0529. The Morgan fingerprint density at radius 1 is 1.38 bits per heavy atom. The number of esters is 1. The summed E-state index contributed by atoms with van der Waals surface area (Å²) in [5, 5.41) is 5.87. The average Bonchev–Trinajstić information content (AvgIpc) is 2.54. The lowest BCUT2D eigenvalue weighted by Gasteiger charge is -2.31. The highest BCUT2D eigenvalue weighted by Crippen LogP contribution is 2.22. The zero-order valence-corrected chi connectivity index (χ0v) is 9.87. The Kier molecular flexibility index (Phi) is 2.66. The molecular formula is C11H18N2O3. The number of piperazine rings is 1. The Bertz CT molecular complexity index is 322. The van der Waals surface area contributed by atoms with E-state index in [1.165, 1.54) is 0 Å². The van der Waals surface area contributed by atoms with Crippen LogP contribution in [0.3, 0.4) is 0 Å². The average molecular weight is 226 g/mol. The van der Waals surface area contributed by atoms with E-state index in [1.807, 2.05) is 20.8 Å². The van der Waals surface area contributed by atoms with Gasteiger partial charge in [-0.2, -0.15) is 0 Å². The Labute approximate surface area is 94.9 Å². The zero-order chi connectivity index (χ0) is 11.9. The molecule has 16 heavy (non-hydrogen) atoms. The van der Waals surface area contributed by atoms with E-state index in [9.17, 15) is 9.59 Å². The second-order valence-corrected chi connectivity index (χ2v) is 5.42. The number of hydrogen-bond acceptors (Lipinski definition) is 4. The van der Waals surface area contributed by atoms with Crippen molar-refractivity contribution in [3.63, 3.8) is 0 Å². The van der Waals surface area contributed by atoms with Gasteiger partial charge in [0.15, 0.2) is 0 Å². The highest BCUT2D eigenvalue weighted by molar-refractivity contribution is 5.90. The third kappa shape index (κ3) is 2.19. The van der Waals surface area contributed by atoms with Crippen LogP contribution in [0.1, 0.15) is 33.6 Å². The number of amides is 1. The first-order valence-electron chi connectivity index (χ1n) is 5.66. The minimum Gasteiger partial charge on any atom is -0.458 e. The second kappa shape index (κ2) is 3.73. The molecular weight excluding hydrogens is 208 g/mol. The first-order valence-corrected chi connectivity index (χ1v) is 5.66. The summed E-state index contributed by atoms with van der Waals surface area (Å²) in [5.41, 5.74) is -0.517. The third-order valence-electron chi connectivity index (χ3n) is 2.86. The summed E-state index contributed by atoms with van der Waals surface area (Å²) in [6, 6.07) is -0.633. The van der Waals surface area contributed by atoms with E-state index in [0.717, 1.165) is 12.8 Å². The van der Waals surface area contributed by atoms with Crippen LogP contribution in [0.25, 0.3) is 0 Å². The molecule has 0 spiro atoms. The van der Waals surface area contributed by atoms with Crippen molar-refractivity contribution in [1.82, 2.24) is 10.6 Å². The van der Waals surface area contributed by atoms with Crippen LogP contribution in [-0.4, -0.2) is 35.6 Å². The van der Waals surface area contributed by atoms with Crippen LogP contribution in [0.15, 0.2) is 0 Å². The molecule has 2 saturated heterocycles. The summed E-state index contributed by atoms with van der Waals surface area (Å²) in [7, 11) is 0. The molecule has 90 valence electrons. The molecule has 5 heteroatoms. The maximum atomic E-state index is 11.9. The molecule has 2 bridgehead atoms. The van der Waals surface area contributed by atoms with E-state index in [-0.39, 0.29) is 24.0 Å². The van der Waals surface area contributed by atoms with Crippen molar-refractivity contribution in [3.05, 3.63) is 0 Å². The van der Waals surface area contributed by atoms with Gasteiger partial charge in [0.25, 0.3) is 0 Å². The van der Waals surface area contributed by atoms with Gasteiger partial charge in [0.1, 0.15) is 11.6 Å². The lowest BCUT2D eigenvalue weighted by molar-refractivity contribution is -0.160. The fraction of sp³-hybridized carbons (Fsp3) is 0.818. The smallest absolute Gasteiger partial charge is 0.330 e. The van der Waals surface area contributed by atoms with E-state index >= 15 is 0 Å². The molecule has 5 nitrogen and oxygen atoms in total. The lowest BCUT2D eigenvalue weighted by atomic mass is 10.1. The van der Waals surface area contributed by atoms with Crippen LogP contribution in [0.5, 0.6) is 0 Å². The van der Waals surface area contributed by atoms with Crippen LogP contribution in [0, 0.1) is 0 Å². The van der Waals surface area contributed by atoms with Gasteiger partial charge in [0.05, 0.1) is 6.04 Å². The maximum absolute atomic E-state index is 11.9. The third-order valence-corrected chi connectivity index (χ3v) is 2.86. The summed E-state index contributed by atoms with van der Waals surface area (Å²) in [6.07, 6.45) is 1.64. The predicted molar refractivity (Wildman–Crippen MR) is 57.7 cm³/mol. The van der Waals surface area contributed by atoms with Crippen molar-refractivity contribution in [2.45, 2.75) is 57.3 Å². The molecule has 0 aromatic carbocycles. The fourth-order valence-corrected chi connectivity index (χ4v) is 2.18. The topological polar surface area (TPSA) is 67.4 Å². The monoisotopic (exact) mass is 226 g/mol. The molecule has 2 rings (SSSR count). The van der Waals surface area contributed by atoms with Crippen molar-refractivity contribution in [2.24, 2.45) is 0 Å². The van der Waals surface area contributed by atoms with Crippen LogP contribution < -0.4 is 10.6 Å². The number of nitrogens with one attached hydrogen (secondary N) is 2. The molecule has 0 unspecified atom stereocenters. The van der Waals surface area contributed by atoms with Gasteiger partial charge < -0.3 is 15.4 Å². The molecule has 2 heterocycles. The number of hydrogen-bond donors (Lipinski definition) is 2. The molecule has 0 aliphatic carbocycles. The van der Waals surface area contributed by atoms with Crippen molar-refractivity contribution >= 4 is 11.9 Å². The Morgan fingerprint density at radius 3 is 2.69 bits per heavy atom. The highest BCUT2D eigenvalue weighted by Gasteiger charge is 2.44. The molecule has 0 radical (unpaired) electrons. The second-order valence-electron chi connectivity index (χ2n) is 5.42. The molecule has 3 atom stereocenters. The summed E-state index contributed by atoms with van der Waals surface area (Å²) < 4.78 is 5.28. The van der Waals surface area contributed by atoms with Crippen LogP contribution in [-0.2, 0) is 14.3 Å². The largest absolute Gasteiger partial charge is 0.458 e. The molecule has 2 fully saturated rings. The standard InChI is InChI=1S/C11H18N2O3/c1-11(2,3)16-10(15)8-6-4-5-7(12-6)9(14)13-8/h6-8,12H,4-5H2,1-3H3,(H,13,14)/t6-,7+,8-/m1/s1. The van der Waals surface area contributed by atoms with Gasteiger partial charge in [0.2, 0.25) is 5.91 Å². The van der Waals surface area contributed by atoms with Crippen LogP contribution in [0.4, 0.5) is 0 Å². The number of fused-ring (bicyclic) bond motifs is 2. The molecule has 0 aromatic rings. The number of carbonyl (C=O) groups excluding carboxylic acids is 2. The van der Waals surface area contributed by atoms with E-state index in [4.69, 9.17) is 4.74 Å². The van der Waals surface area contributed by atoms with Gasteiger partial charge in [-0.05, 0) is 33.6 Å². The SMILES string of the molecule is CC(C)(C)OC(=O)[C@@H]1NC(=O)[C@@H]2CC[C@H]1N2. The molecule has 0 saturated carbocycles. The quantitative estimate of drug-likeness (QED) is 0.615. The van der Waals surface area contributed by atoms with E-state index in [1.54, 1.807) is 0 Å². The molecule has 2 N–H and O–H groups in total. The van der Waals surface area contributed by atoms with Crippen LogP contribution in [0.2, 0.25) is 0 Å². The zero-order valence-electron chi connectivity index (χ0n) is 9.87. The van der Waals surface area contributed by atoms with Crippen molar-refractivity contribution in [2.75, 3.05) is 0 Å². The molecule has 0 aromatic heterocycles. The van der Waals surface area contributed by atoms with Crippen molar-refractivity contribution in [3.8, 4) is 0 Å². The molecule has 2 aliphatic rings. The maximum Gasteiger partial charge on any atom is 0.330 e. The van der Waals surface area contributed by atoms with Gasteiger partial charge >= 0.3 is 5.97 Å². The summed E-state index contributed by atoms with van der Waals surface area (Å²) in [4.78, 5) is 23.4. The van der Waals surface area contributed by atoms with E-state index < -0.39 is 11.6 Å². The highest BCUT2D eigenvalue weighted by atomic mass is 16.6. The Morgan fingerprint density at radius 2 is 2.06 bits per heavy atom. The number of carbonyl (C=O) groups is 2. The Hall–Kier alpha value is -1.10. The molecule has 2 aliphatic heterocycles. The first kappa shape index (κ1) is 11.4. The Balaban J connectivity index is 2.04. The first-order chi connectivity index (χ1) is 7.37.